The Morgan fingerprint density at radius 1 is 1.00 bits per heavy atom. The molecule has 0 N–H and O–H groups in total. The zero-order chi connectivity index (χ0) is 18.4. The lowest BCUT2D eigenvalue weighted by Gasteiger charge is -2.57. The van der Waals surface area contributed by atoms with Crippen LogP contribution in [0.25, 0.3) is 0 Å². The lowest BCUT2D eigenvalue weighted by atomic mass is 9.47. The molecule has 0 heteroatoms. The van der Waals surface area contributed by atoms with Gasteiger partial charge in [-0.05, 0) is 98.2 Å². The van der Waals surface area contributed by atoms with Crippen molar-refractivity contribution in [1.29, 1.82) is 0 Å². The van der Waals surface area contributed by atoms with Gasteiger partial charge in [-0.2, -0.15) is 0 Å². The molecular formula is C26H44. The van der Waals surface area contributed by atoms with E-state index in [1.54, 1.807) is 12.8 Å². The van der Waals surface area contributed by atoms with Crippen molar-refractivity contribution in [1.82, 2.24) is 0 Å². The molecule has 5 unspecified atom stereocenters. The van der Waals surface area contributed by atoms with E-state index in [1.807, 2.05) is 5.57 Å². The quantitative estimate of drug-likeness (QED) is 0.344. The van der Waals surface area contributed by atoms with Crippen LogP contribution in [0.5, 0.6) is 0 Å². The predicted octanol–water partition coefficient (Wildman–Crippen LogP) is 8.17. The van der Waals surface area contributed by atoms with Crippen molar-refractivity contribution in [3.8, 4) is 0 Å². The molecule has 0 bridgehead atoms. The number of allylic oxidation sites excluding steroid dienone is 2. The number of hydrogen-bond donors (Lipinski definition) is 0. The van der Waals surface area contributed by atoms with Crippen molar-refractivity contribution in [3.63, 3.8) is 0 Å². The smallest absolute Gasteiger partial charge is 0.00853 e. The maximum atomic E-state index is 2.74. The zero-order valence-electron chi connectivity index (χ0n) is 18.2. The van der Waals surface area contributed by atoms with Crippen LogP contribution in [0.4, 0.5) is 0 Å². The average Bonchev–Trinajstić information content (AvgIpc) is 2.94. The van der Waals surface area contributed by atoms with Crippen LogP contribution in [0.15, 0.2) is 11.6 Å². The Hall–Kier alpha value is -0.260. The van der Waals surface area contributed by atoms with Crippen LogP contribution >= 0.6 is 0 Å². The maximum absolute atomic E-state index is 2.74. The summed E-state index contributed by atoms with van der Waals surface area (Å²) in [5, 5.41) is 0. The second kappa shape index (κ2) is 7.29. The van der Waals surface area contributed by atoms with Gasteiger partial charge in [-0.25, -0.2) is 0 Å². The van der Waals surface area contributed by atoms with E-state index in [4.69, 9.17) is 0 Å². The standard InChI is InChI=1S/C26H44/c1-19(2)9-5-6-10-21-13-15-23-22-14-12-20-11-7-8-17-25(20,3)24(22)16-18-26(21,23)4/h12,19,21-24H,5-11,13-18H2,1-4H3/t21-,22?,23?,24?,25?,26?/m1/s1. The molecule has 0 saturated heterocycles. The van der Waals surface area contributed by atoms with E-state index in [0.717, 1.165) is 29.6 Å². The molecule has 148 valence electrons. The molecule has 3 fully saturated rings. The summed E-state index contributed by atoms with van der Waals surface area (Å²) in [7, 11) is 0. The molecule has 0 aliphatic heterocycles. The molecule has 0 heterocycles. The van der Waals surface area contributed by atoms with Crippen molar-refractivity contribution in [3.05, 3.63) is 11.6 Å². The molecule has 0 spiro atoms. The van der Waals surface area contributed by atoms with Crippen LogP contribution < -0.4 is 0 Å². The fourth-order valence-electron chi connectivity index (χ4n) is 8.22. The number of fused-ring (bicyclic) bond motifs is 5. The maximum Gasteiger partial charge on any atom is -0.00853 e. The lowest BCUT2D eigenvalue weighted by Crippen LogP contribution is -2.49. The van der Waals surface area contributed by atoms with E-state index in [9.17, 15) is 0 Å². The summed E-state index contributed by atoms with van der Waals surface area (Å²) in [5.41, 5.74) is 3.13. The van der Waals surface area contributed by atoms with E-state index in [1.165, 1.54) is 70.6 Å². The van der Waals surface area contributed by atoms with E-state index in [-0.39, 0.29) is 0 Å². The summed E-state index contributed by atoms with van der Waals surface area (Å²) in [6.07, 6.45) is 22.1. The third kappa shape index (κ3) is 3.12. The van der Waals surface area contributed by atoms with Gasteiger partial charge in [-0.1, -0.05) is 65.0 Å². The minimum Gasteiger partial charge on any atom is -0.0845 e. The van der Waals surface area contributed by atoms with Gasteiger partial charge in [0.15, 0.2) is 0 Å². The first-order valence-corrected chi connectivity index (χ1v) is 12.1. The molecule has 4 aliphatic carbocycles. The molecule has 4 aliphatic rings. The van der Waals surface area contributed by atoms with Crippen molar-refractivity contribution >= 4 is 0 Å². The molecule has 4 rings (SSSR count). The second-order valence-electron chi connectivity index (χ2n) is 11.5. The Bertz CT molecular complexity index is 528. The van der Waals surface area contributed by atoms with Gasteiger partial charge in [0, 0.05) is 0 Å². The van der Waals surface area contributed by atoms with Crippen molar-refractivity contribution in [2.24, 2.45) is 40.4 Å². The van der Waals surface area contributed by atoms with Gasteiger partial charge in [-0.3, -0.25) is 0 Å². The molecule has 26 heavy (non-hydrogen) atoms. The highest BCUT2D eigenvalue weighted by Crippen LogP contribution is 2.66. The minimum atomic E-state index is 0.581. The summed E-state index contributed by atoms with van der Waals surface area (Å²) >= 11 is 0. The molecular weight excluding hydrogens is 312 g/mol. The molecule has 0 aromatic carbocycles. The highest BCUT2D eigenvalue weighted by molar-refractivity contribution is 5.24. The lowest BCUT2D eigenvalue weighted by molar-refractivity contribution is -0.0425. The first-order chi connectivity index (χ1) is 12.4. The first kappa shape index (κ1) is 19.1. The molecule has 0 aromatic heterocycles. The SMILES string of the molecule is CC(C)CCCC[C@@H]1CCC2C3CC=C4CCCCC4(C)C3CCC21C. The Kier molecular flexibility index (Phi) is 5.35. The topological polar surface area (TPSA) is 0 Å². The number of rotatable bonds is 5. The zero-order valence-corrected chi connectivity index (χ0v) is 18.2. The van der Waals surface area contributed by atoms with E-state index in [2.05, 4.69) is 33.8 Å². The Labute approximate surface area is 163 Å². The summed E-state index contributed by atoms with van der Waals surface area (Å²) in [5.74, 6) is 4.98. The van der Waals surface area contributed by atoms with Crippen LogP contribution in [0.1, 0.15) is 111 Å². The van der Waals surface area contributed by atoms with Gasteiger partial charge in [0.05, 0.1) is 0 Å². The summed E-state index contributed by atoms with van der Waals surface area (Å²) < 4.78 is 0. The number of unbranched alkanes of at least 4 members (excludes halogenated alkanes) is 1. The van der Waals surface area contributed by atoms with Gasteiger partial charge in [0.1, 0.15) is 0 Å². The van der Waals surface area contributed by atoms with Gasteiger partial charge in [0.2, 0.25) is 0 Å². The van der Waals surface area contributed by atoms with E-state index in [0.29, 0.717) is 10.8 Å². The van der Waals surface area contributed by atoms with Gasteiger partial charge < -0.3 is 0 Å². The first-order valence-electron chi connectivity index (χ1n) is 12.1. The van der Waals surface area contributed by atoms with Gasteiger partial charge in [0.25, 0.3) is 0 Å². The molecule has 0 nitrogen and oxygen atoms in total. The Balaban J connectivity index is 1.45. The monoisotopic (exact) mass is 356 g/mol. The van der Waals surface area contributed by atoms with Crippen LogP contribution in [0, 0.1) is 40.4 Å². The van der Waals surface area contributed by atoms with Crippen molar-refractivity contribution in [2.75, 3.05) is 0 Å². The third-order valence-corrected chi connectivity index (χ3v) is 9.80. The summed E-state index contributed by atoms with van der Waals surface area (Å²) in [6.45, 7) is 10.1. The summed E-state index contributed by atoms with van der Waals surface area (Å²) in [6, 6.07) is 0. The third-order valence-electron chi connectivity index (χ3n) is 9.80. The normalized spacial score (nSPS) is 45.0. The molecule has 0 amide bonds. The Morgan fingerprint density at radius 2 is 1.85 bits per heavy atom. The predicted molar refractivity (Wildman–Crippen MR) is 113 cm³/mol. The average molecular weight is 357 g/mol. The van der Waals surface area contributed by atoms with Crippen LogP contribution in [0.3, 0.4) is 0 Å². The fourth-order valence-corrected chi connectivity index (χ4v) is 8.22. The van der Waals surface area contributed by atoms with Gasteiger partial charge in [-0.15, -0.1) is 0 Å². The second-order valence-corrected chi connectivity index (χ2v) is 11.5. The minimum absolute atomic E-state index is 0.581. The fraction of sp³-hybridized carbons (Fsp3) is 0.923. The highest BCUT2D eigenvalue weighted by Gasteiger charge is 2.57. The van der Waals surface area contributed by atoms with Crippen molar-refractivity contribution in [2.45, 2.75) is 111 Å². The van der Waals surface area contributed by atoms with Crippen LogP contribution in [-0.4, -0.2) is 0 Å². The van der Waals surface area contributed by atoms with Gasteiger partial charge >= 0.3 is 0 Å². The molecule has 3 saturated carbocycles. The van der Waals surface area contributed by atoms with Crippen molar-refractivity contribution < 1.29 is 0 Å². The van der Waals surface area contributed by atoms with E-state index < -0.39 is 0 Å². The number of hydrogen-bond acceptors (Lipinski definition) is 0. The van der Waals surface area contributed by atoms with Crippen LogP contribution in [-0.2, 0) is 0 Å². The molecule has 0 radical (unpaired) electrons. The largest absolute Gasteiger partial charge is 0.0845 e. The Morgan fingerprint density at radius 3 is 2.65 bits per heavy atom. The summed E-state index contributed by atoms with van der Waals surface area (Å²) in [4.78, 5) is 0. The highest BCUT2D eigenvalue weighted by atomic mass is 14.6. The van der Waals surface area contributed by atoms with E-state index >= 15 is 0 Å². The molecule has 0 aromatic rings. The van der Waals surface area contributed by atoms with Crippen LogP contribution in [0.2, 0.25) is 0 Å². The molecule has 6 atom stereocenters.